The Balaban J connectivity index is 0.00000176. The maximum Gasteiger partial charge on any atom is 0.188 e. The molecule has 0 radical (unpaired) electrons. The number of nitrogens with one attached hydrogen (secondary N) is 1. The van der Waals surface area contributed by atoms with Gasteiger partial charge in [-0.25, -0.2) is 0 Å². The van der Waals surface area contributed by atoms with Crippen molar-refractivity contribution < 1.29 is 4.74 Å². The van der Waals surface area contributed by atoms with Gasteiger partial charge in [-0.1, -0.05) is 25.7 Å². The van der Waals surface area contributed by atoms with Crippen LogP contribution in [0.15, 0.2) is 4.99 Å². The molecule has 3 aliphatic rings. The summed E-state index contributed by atoms with van der Waals surface area (Å²) in [6, 6.07) is 0.472. The molecule has 22 heavy (non-hydrogen) atoms. The first-order chi connectivity index (χ1) is 10.2. The fraction of sp³-hybridized carbons (Fsp3) is 0.941. The van der Waals surface area contributed by atoms with Gasteiger partial charge in [0.2, 0.25) is 0 Å². The van der Waals surface area contributed by atoms with Crippen LogP contribution in [0.25, 0.3) is 0 Å². The molecular weight excluding hydrogens is 389 g/mol. The van der Waals surface area contributed by atoms with Crippen LogP contribution in [0.4, 0.5) is 0 Å². The normalized spacial score (nSPS) is 31.0. The van der Waals surface area contributed by atoms with Crippen molar-refractivity contribution in [3.63, 3.8) is 0 Å². The number of hydrogen-bond donors (Lipinski definition) is 2. The van der Waals surface area contributed by atoms with Gasteiger partial charge in [0, 0.05) is 24.6 Å². The molecule has 0 aromatic carbocycles. The van der Waals surface area contributed by atoms with Crippen molar-refractivity contribution in [3.05, 3.63) is 0 Å². The van der Waals surface area contributed by atoms with Crippen LogP contribution >= 0.6 is 24.0 Å². The van der Waals surface area contributed by atoms with Gasteiger partial charge in [0.1, 0.15) is 0 Å². The molecule has 0 saturated heterocycles. The van der Waals surface area contributed by atoms with Crippen molar-refractivity contribution in [2.75, 3.05) is 13.2 Å². The molecule has 4 nitrogen and oxygen atoms in total. The van der Waals surface area contributed by atoms with Crippen molar-refractivity contribution in [1.82, 2.24) is 5.32 Å². The van der Waals surface area contributed by atoms with Crippen LogP contribution in [0.5, 0.6) is 0 Å². The standard InChI is InChI=1S/C17H31N3O.HI/c1-2-21-15-11-14(17(15)9-4-3-5-10-17)20-16(18)19-12-13-7-6-8-13;/h13-15H,2-12H2,1H3,(H3,18,19,20);1H. The number of ether oxygens (including phenoxy) is 1. The Hall–Kier alpha value is -0.0400. The minimum Gasteiger partial charge on any atom is -0.378 e. The SMILES string of the molecule is CCOC1CC(NC(N)=NCC2CCC2)C12CCCCC2.I. The second-order valence-corrected chi connectivity index (χ2v) is 7.19. The van der Waals surface area contributed by atoms with Crippen LogP contribution in [0.1, 0.15) is 64.7 Å². The van der Waals surface area contributed by atoms with Crippen molar-refractivity contribution in [1.29, 1.82) is 0 Å². The lowest BCUT2D eigenvalue weighted by Gasteiger charge is -2.57. The Morgan fingerprint density at radius 1 is 1.23 bits per heavy atom. The smallest absolute Gasteiger partial charge is 0.188 e. The molecule has 3 rings (SSSR count). The van der Waals surface area contributed by atoms with E-state index in [0.29, 0.717) is 23.5 Å². The number of hydrogen-bond acceptors (Lipinski definition) is 2. The molecule has 3 saturated carbocycles. The Kier molecular flexibility index (Phi) is 6.80. The molecule has 0 amide bonds. The van der Waals surface area contributed by atoms with Crippen molar-refractivity contribution in [2.24, 2.45) is 22.1 Å². The van der Waals surface area contributed by atoms with E-state index in [4.69, 9.17) is 10.5 Å². The molecular formula is C17H32IN3O. The van der Waals surface area contributed by atoms with E-state index in [2.05, 4.69) is 17.2 Å². The molecule has 0 aromatic rings. The van der Waals surface area contributed by atoms with Crippen LogP contribution in [0.2, 0.25) is 0 Å². The number of nitrogens with zero attached hydrogens (tertiary/aromatic N) is 1. The second-order valence-electron chi connectivity index (χ2n) is 7.19. The van der Waals surface area contributed by atoms with Crippen LogP contribution in [-0.2, 0) is 4.74 Å². The zero-order valence-corrected chi connectivity index (χ0v) is 16.2. The summed E-state index contributed by atoms with van der Waals surface area (Å²) < 4.78 is 5.99. The molecule has 5 heteroatoms. The summed E-state index contributed by atoms with van der Waals surface area (Å²) in [6.07, 6.45) is 12.2. The molecule has 128 valence electrons. The summed E-state index contributed by atoms with van der Waals surface area (Å²) in [5, 5.41) is 3.52. The predicted molar refractivity (Wildman–Crippen MR) is 102 cm³/mol. The average molecular weight is 421 g/mol. The predicted octanol–water partition coefficient (Wildman–Crippen LogP) is 3.44. The lowest BCUT2D eigenvalue weighted by Crippen LogP contribution is -2.66. The summed E-state index contributed by atoms with van der Waals surface area (Å²) in [7, 11) is 0. The van der Waals surface area contributed by atoms with E-state index < -0.39 is 0 Å². The molecule has 0 aromatic heterocycles. The summed E-state index contributed by atoms with van der Waals surface area (Å²) in [5.41, 5.74) is 6.44. The first-order valence-corrected chi connectivity index (χ1v) is 8.92. The van der Waals surface area contributed by atoms with E-state index in [1.54, 1.807) is 0 Å². The Morgan fingerprint density at radius 2 is 1.95 bits per heavy atom. The van der Waals surface area contributed by atoms with Gasteiger partial charge in [-0.05, 0) is 44.9 Å². The first kappa shape index (κ1) is 18.3. The zero-order chi connectivity index (χ0) is 14.7. The molecule has 2 unspecified atom stereocenters. The van der Waals surface area contributed by atoms with E-state index in [-0.39, 0.29) is 24.0 Å². The number of rotatable bonds is 5. The maximum atomic E-state index is 6.12. The summed E-state index contributed by atoms with van der Waals surface area (Å²) in [5.74, 6) is 1.44. The summed E-state index contributed by atoms with van der Waals surface area (Å²) >= 11 is 0. The van der Waals surface area contributed by atoms with Crippen molar-refractivity contribution >= 4 is 29.9 Å². The quantitative estimate of drug-likeness (QED) is 0.406. The third-order valence-electron chi connectivity index (χ3n) is 6.00. The van der Waals surface area contributed by atoms with Crippen molar-refractivity contribution in [2.45, 2.75) is 76.9 Å². The highest BCUT2D eigenvalue weighted by molar-refractivity contribution is 14.0. The lowest BCUT2D eigenvalue weighted by molar-refractivity contribution is -0.145. The van der Waals surface area contributed by atoms with Gasteiger partial charge in [-0.15, -0.1) is 24.0 Å². The molecule has 1 spiro atoms. The van der Waals surface area contributed by atoms with E-state index in [9.17, 15) is 0 Å². The minimum atomic E-state index is 0. The second kappa shape index (κ2) is 8.18. The molecule has 3 fully saturated rings. The molecule has 0 heterocycles. The van der Waals surface area contributed by atoms with Crippen LogP contribution in [0.3, 0.4) is 0 Å². The highest BCUT2D eigenvalue weighted by Crippen LogP contribution is 2.53. The number of aliphatic imine (C=N–C) groups is 1. The number of halogens is 1. The van der Waals surface area contributed by atoms with Gasteiger partial charge < -0.3 is 15.8 Å². The fourth-order valence-corrected chi connectivity index (χ4v) is 4.39. The molecule has 3 N–H and O–H groups in total. The topological polar surface area (TPSA) is 59.6 Å². The summed E-state index contributed by atoms with van der Waals surface area (Å²) in [6.45, 7) is 3.84. The highest BCUT2D eigenvalue weighted by Gasteiger charge is 2.55. The third-order valence-corrected chi connectivity index (χ3v) is 6.00. The molecule has 3 aliphatic carbocycles. The Morgan fingerprint density at radius 3 is 2.55 bits per heavy atom. The average Bonchev–Trinajstić information content (AvgIpc) is 2.45. The summed E-state index contributed by atoms with van der Waals surface area (Å²) in [4.78, 5) is 4.56. The van der Waals surface area contributed by atoms with E-state index in [1.165, 1.54) is 51.4 Å². The monoisotopic (exact) mass is 421 g/mol. The largest absolute Gasteiger partial charge is 0.378 e. The van der Waals surface area contributed by atoms with Gasteiger partial charge in [0.05, 0.1) is 6.10 Å². The zero-order valence-electron chi connectivity index (χ0n) is 13.9. The van der Waals surface area contributed by atoms with E-state index in [1.807, 2.05) is 0 Å². The van der Waals surface area contributed by atoms with Gasteiger partial charge >= 0.3 is 0 Å². The van der Waals surface area contributed by atoms with Crippen molar-refractivity contribution in [3.8, 4) is 0 Å². The van der Waals surface area contributed by atoms with E-state index in [0.717, 1.165) is 25.5 Å². The molecule has 0 bridgehead atoms. The Labute approximate surface area is 152 Å². The first-order valence-electron chi connectivity index (χ1n) is 8.92. The lowest BCUT2D eigenvalue weighted by atomic mass is 9.55. The van der Waals surface area contributed by atoms with Crippen LogP contribution < -0.4 is 11.1 Å². The van der Waals surface area contributed by atoms with Gasteiger partial charge in [-0.2, -0.15) is 0 Å². The minimum absolute atomic E-state index is 0. The van der Waals surface area contributed by atoms with Gasteiger partial charge in [-0.3, -0.25) is 4.99 Å². The molecule has 0 aliphatic heterocycles. The third kappa shape index (κ3) is 3.71. The molecule has 2 atom stereocenters. The van der Waals surface area contributed by atoms with Gasteiger partial charge in [0.25, 0.3) is 0 Å². The van der Waals surface area contributed by atoms with Crippen LogP contribution in [0, 0.1) is 11.3 Å². The van der Waals surface area contributed by atoms with Crippen LogP contribution in [-0.4, -0.2) is 31.3 Å². The number of nitrogens with two attached hydrogens (primary N) is 1. The van der Waals surface area contributed by atoms with E-state index >= 15 is 0 Å². The highest BCUT2D eigenvalue weighted by atomic mass is 127. The number of guanidine groups is 1. The fourth-order valence-electron chi connectivity index (χ4n) is 4.39. The Bertz CT molecular complexity index is 378. The van der Waals surface area contributed by atoms with Gasteiger partial charge in [0.15, 0.2) is 5.96 Å². The maximum absolute atomic E-state index is 6.12.